The number of carboxylic acids is 1. The number of nitrogens with zero attached hydrogens (tertiary/aromatic N) is 3. The lowest BCUT2D eigenvalue weighted by atomic mass is 9.83. The van der Waals surface area contributed by atoms with Gasteiger partial charge in [-0.3, -0.25) is 4.79 Å². The van der Waals surface area contributed by atoms with E-state index < -0.39 is 5.97 Å². The molecule has 0 saturated carbocycles. The summed E-state index contributed by atoms with van der Waals surface area (Å²) in [6.45, 7) is 8.47. The molecule has 136 valence electrons. The summed E-state index contributed by atoms with van der Waals surface area (Å²) in [6, 6.07) is 3.66. The van der Waals surface area contributed by atoms with Crippen LogP contribution in [0, 0.1) is 18.8 Å². The van der Waals surface area contributed by atoms with Crippen molar-refractivity contribution in [3.8, 4) is 0 Å². The SMILES string of the molecule is Cc1ccc(C(=O)O)c(N2CC[C@@H]3[C@@H](CCC(=O)N3CC(C)C)C2)n1. The van der Waals surface area contributed by atoms with Crippen molar-refractivity contribution in [1.82, 2.24) is 9.88 Å². The van der Waals surface area contributed by atoms with Crippen LogP contribution in [0.3, 0.4) is 0 Å². The number of pyridine rings is 1. The Kier molecular flexibility index (Phi) is 4.97. The van der Waals surface area contributed by atoms with Crippen LogP contribution >= 0.6 is 0 Å². The number of carbonyl (C=O) groups excluding carboxylic acids is 1. The topological polar surface area (TPSA) is 73.7 Å². The van der Waals surface area contributed by atoms with Crippen LogP contribution in [0.15, 0.2) is 12.1 Å². The largest absolute Gasteiger partial charge is 0.478 e. The molecular formula is C19H27N3O3. The van der Waals surface area contributed by atoms with Crippen molar-refractivity contribution in [2.45, 2.75) is 46.1 Å². The highest BCUT2D eigenvalue weighted by atomic mass is 16.4. The van der Waals surface area contributed by atoms with Crippen LogP contribution < -0.4 is 4.90 Å². The lowest BCUT2D eigenvalue weighted by Gasteiger charge is -2.48. The lowest BCUT2D eigenvalue weighted by molar-refractivity contribution is -0.140. The second-order valence-corrected chi connectivity index (χ2v) is 7.67. The minimum Gasteiger partial charge on any atom is -0.478 e. The molecule has 2 saturated heterocycles. The molecule has 0 unspecified atom stereocenters. The summed E-state index contributed by atoms with van der Waals surface area (Å²) in [4.78, 5) is 32.6. The minimum atomic E-state index is -0.940. The maximum Gasteiger partial charge on any atom is 0.339 e. The van der Waals surface area contributed by atoms with Gasteiger partial charge in [0, 0.05) is 37.8 Å². The van der Waals surface area contributed by atoms with Crippen molar-refractivity contribution in [3.63, 3.8) is 0 Å². The van der Waals surface area contributed by atoms with Crippen LogP contribution in [-0.2, 0) is 4.79 Å². The Morgan fingerprint density at radius 3 is 2.80 bits per heavy atom. The predicted octanol–water partition coefficient (Wildman–Crippen LogP) is 2.56. The molecule has 0 spiro atoms. The molecule has 1 aromatic heterocycles. The van der Waals surface area contributed by atoms with Gasteiger partial charge in [0.05, 0.1) is 0 Å². The normalized spacial score (nSPS) is 23.8. The summed E-state index contributed by atoms with van der Waals surface area (Å²) >= 11 is 0. The zero-order chi connectivity index (χ0) is 18.1. The highest BCUT2D eigenvalue weighted by Gasteiger charge is 2.40. The number of anilines is 1. The van der Waals surface area contributed by atoms with Crippen LogP contribution in [0.25, 0.3) is 0 Å². The van der Waals surface area contributed by atoms with Gasteiger partial charge in [0.2, 0.25) is 5.91 Å². The third kappa shape index (κ3) is 3.62. The quantitative estimate of drug-likeness (QED) is 0.908. The molecule has 0 radical (unpaired) electrons. The molecule has 6 nitrogen and oxygen atoms in total. The summed E-state index contributed by atoms with van der Waals surface area (Å²) in [7, 11) is 0. The zero-order valence-electron chi connectivity index (χ0n) is 15.2. The summed E-state index contributed by atoms with van der Waals surface area (Å²) in [5.74, 6) is 0.735. The number of rotatable bonds is 4. The molecule has 2 atom stereocenters. The van der Waals surface area contributed by atoms with Gasteiger partial charge >= 0.3 is 5.97 Å². The Hall–Kier alpha value is -2.11. The number of carboxylic acid groups (broad SMARTS) is 1. The van der Waals surface area contributed by atoms with E-state index in [-0.39, 0.29) is 17.5 Å². The molecule has 3 rings (SSSR count). The van der Waals surface area contributed by atoms with E-state index in [0.717, 1.165) is 38.2 Å². The molecule has 2 fully saturated rings. The Morgan fingerprint density at radius 2 is 2.12 bits per heavy atom. The van der Waals surface area contributed by atoms with Crippen LogP contribution in [0.5, 0.6) is 0 Å². The van der Waals surface area contributed by atoms with Crippen molar-refractivity contribution < 1.29 is 14.7 Å². The number of hydrogen-bond donors (Lipinski definition) is 1. The number of aromatic carboxylic acids is 1. The average molecular weight is 345 g/mol. The number of aryl methyl sites for hydroxylation is 1. The third-order valence-electron chi connectivity index (χ3n) is 5.25. The van der Waals surface area contributed by atoms with Gasteiger partial charge in [-0.1, -0.05) is 13.8 Å². The number of amides is 1. The second kappa shape index (κ2) is 7.02. The molecule has 0 bridgehead atoms. The standard InChI is InChI=1S/C19H27N3O3/c1-12(2)10-22-16-8-9-21(11-14(16)5-7-17(22)23)18-15(19(24)25)6-4-13(3)20-18/h4,6,12,14,16H,5,7-11H2,1-3H3,(H,24,25)/t14-,16+/m0/s1. The molecule has 2 aliphatic rings. The maximum absolute atomic E-state index is 12.3. The van der Waals surface area contributed by atoms with E-state index in [1.54, 1.807) is 12.1 Å². The van der Waals surface area contributed by atoms with Gasteiger partial charge in [-0.15, -0.1) is 0 Å². The highest BCUT2D eigenvalue weighted by Crippen LogP contribution is 2.34. The van der Waals surface area contributed by atoms with Gasteiger partial charge in [0.25, 0.3) is 0 Å². The lowest BCUT2D eigenvalue weighted by Crippen LogP contribution is -2.57. The zero-order valence-corrected chi connectivity index (χ0v) is 15.2. The summed E-state index contributed by atoms with van der Waals surface area (Å²) in [5, 5.41) is 9.48. The summed E-state index contributed by atoms with van der Waals surface area (Å²) < 4.78 is 0. The number of carbonyl (C=O) groups is 2. The Balaban J connectivity index is 1.81. The molecule has 2 aliphatic heterocycles. The first kappa shape index (κ1) is 17.7. The van der Waals surface area contributed by atoms with Gasteiger partial charge in [-0.2, -0.15) is 0 Å². The van der Waals surface area contributed by atoms with Gasteiger partial charge in [-0.25, -0.2) is 9.78 Å². The summed E-state index contributed by atoms with van der Waals surface area (Å²) in [5.41, 5.74) is 1.08. The van der Waals surface area contributed by atoms with E-state index in [1.165, 1.54) is 0 Å². The van der Waals surface area contributed by atoms with Crippen molar-refractivity contribution in [3.05, 3.63) is 23.4 Å². The van der Waals surface area contributed by atoms with E-state index in [4.69, 9.17) is 0 Å². The molecule has 0 aliphatic carbocycles. The van der Waals surface area contributed by atoms with E-state index in [2.05, 4.69) is 28.6 Å². The smallest absolute Gasteiger partial charge is 0.339 e. The first-order chi connectivity index (χ1) is 11.9. The molecule has 0 aromatic carbocycles. The first-order valence-corrected chi connectivity index (χ1v) is 9.12. The van der Waals surface area contributed by atoms with Gasteiger partial charge < -0.3 is 14.9 Å². The molecule has 1 aromatic rings. The van der Waals surface area contributed by atoms with Crippen LogP contribution in [0.4, 0.5) is 5.82 Å². The summed E-state index contributed by atoms with van der Waals surface area (Å²) in [6.07, 6.45) is 2.34. The van der Waals surface area contributed by atoms with Crippen LogP contribution in [0.2, 0.25) is 0 Å². The van der Waals surface area contributed by atoms with E-state index in [0.29, 0.717) is 24.1 Å². The molecular weight excluding hydrogens is 318 g/mol. The molecule has 6 heteroatoms. The first-order valence-electron chi connectivity index (χ1n) is 9.12. The number of hydrogen-bond acceptors (Lipinski definition) is 4. The molecule has 3 heterocycles. The Morgan fingerprint density at radius 1 is 1.36 bits per heavy atom. The number of fused-ring (bicyclic) bond motifs is 1. The van der Waals surface area contributed by atoms with Crippen LogP contribution in [-0.4, -0.2) is 52.5 Å². The van der Waals surface area contributed by atoms with Crippen molar-refractivity contribution in [1.29, 1.82) is 0 Å². The highest BCUT2D eigenvalue weighted by molar-refractivity contribution is 5.93. The van der Waals surface area contributed by atoms with Crippen LogP contribution in [0.1, 0.15) is 49.2 Å². The van der Waals surface area contributed by atoms with Gasteiger partial charge in [0.1, 0.15) is 11.4 Å². The fraction of sp³-hybridized carbons (Fsp3) is 0.632. The monoisotopic (exact) mass is 345 g/mol. The third-order valence-corrected chi connectivity index (χ3v) is 5.25. The Labute approximate surface area is 148 Å². The fourth-order valence-corrected chi connectivity index (χ4v) is 4.13. The molecule has 25 heavy (non-hydrogen) atoms. The van der Waals surface area contributed by atoms with Gasteiger partial charge in [0.15, 0.2) is 0 Å². The molecule has 1 N–H and O–H groups in total. The minimum absolute atomic E-state index is 0.259. The van der Waals surface area contributed by atoms with Crippen molar-refractivity contribution in [2.75, 3.05) is 24.5 Å². The van der Waals surface area contributed by atoms with Crippen molar-refractivity contribution in [2.24, 2.45) is 11.8 Å². The van der Waals surface area contributed by atoms with E-state index in [9.17, 15) is 14.7 Å². The Bertz CT molecular complexity index is 674. The van der Waals surface area contributed by atoms with E-state index >= 15 is 0 Å². The van der Waals surface area contributed by atoms with Crippen molar-refractivity contribution >= 4 is 17.7 Å². The van der Waals surface area contributed by atoms with Gasteiger partial charge in [-0.05, 0) is 43.7 Å². The number of piperidine rings is 2. The maximum atomic E-state index is 12.3. The molecule has 1 amide bonds. The number of aromatic nitrogens is 1. The second-order valence-electron chi connectivity index (χ2n) is 7.67. The fourth-order valence-electron chi connectivity index (χ4n) is 4.13. The number of likely N-dealkylation sites (tertiary alicyclic amines) is 1. The van der Waals surface area contributed by atoms with E-state index in [1.807, 2.05) is 6.92 Å². The average Bonchev–Trinajstić information content (AvgIpc) is 2.56. The predicted molar refractivity (Wildman–Crippen MR) is 95.8 cm³/mol.